The van der Waals surface area contributed by atoms with Crippen molar-refractivity contribution in [3.63, 3.8) is 0 Å². The maximum Gasteiger partial charge on any atom is 0.115 e. The van der Waals surface area contributed by atoms with Crippen LogP contribution in [0, 0.1) is 0 Å². The first-order valence-electron chi connectivity index (χ1n) is 4.28. The molecule has 0 radical (unpaired) electrons. The molecule has 1 heterocycles. The van der Waals surface area contributed by atoms with E-state index in [4.69, 9.17) is 0 Å². The van der Waals surface area contributed by atoms with Crippen LogP contribution >= 0.6 is 0 Å². The highest BCUT2D eigenvalue weighted by atomic mass is 19.1. The third kappa shape index (κ3) is 1.23. The van der Waals surface area contributed by atoms with Crippen molar-refractivity contribution in [2.75, 3.05) is 6.54 Å². The van der Waals surface area contributed by atoms with Gasteiger partial charge < -0.3 is 5.32 Å². The van der Waals surface area contributed by atoms with Gasteiger partial charge in [0, 0.05) is 6.54 Å². The summed E-state index contributed by atoms with van der Waals surface area (Å²) in [5.74, 6) is 0. The molecule has 1 aliphatic heterocycles. The maximum atomic E-state index is 12.5. The Morgan fingerprint density at radius 3 is 3.17 bits per heavy atom. The Kier molecular flexibility index (Phi) is 2.09. The fourth-order valence-corrected chi connectivity index (χ4v) is 1.71. The summed E-state index contributed by atoms with van der Waals surface area (Å²) in [5.41, 5.74) is 3.33. The molecule has 0 saturated carbocycles. The number of fused-ring (bicyclic) bond motifs is 1. The highest BCUT2D eigenvalue weighted by Crippen LogP contribution is 2.18. The molecule has 1 N–H and O–H groups in total. The van der Waals surface area contributed by atoms with Gasteiger partial charge in [0.2, 0.25) is 0 Å². The van der Waals surface area contributed by atoms with E-state index >= 15 is 0 Å². The number of alkyl halides is 1. The minimum absolute atomic E-state index is 0.342. The lowest BCUT2D eigenvalue weighted by atomic mass is 9.97. The number of hydrogen-bond acceptors (Lipinski definition) is 1. The van der Waals surface area contributed by atoms with Crippen molar-refractivity contribution < 1.29 is 4.39 Å². The second kappa shape index (κ2) is 3.23. The molecule has 1 aliphatic rings. The van der Waals surface area contributed by atoms with Crippen LogP contribution in [-0.4, -0.2) is 6.54 Å². The Balaban J connectivity index is 2.44. The second-order valence-corrected chi connectivity index (χ2v) is 3.12. The van der Waals surface area contributed by atoms with E-state index in [0.29, 0.717) is 0 Å². The minimum Gasteiger partial charge on any atom is -0.312 e. The summed E-state index contributed by atoms with van der Waals surface area (Å²) in [6, 6.07) is 5.90. The molecule has 0 atom stereocenters. The van der Waals surface area contributed by atoms with Crippen LogP contribution in [0.2, 0.25) is 0 Å². The quantitative estimate of drug-likeness (QED) is 0.669. The Labute approximate surface area is 71.6 Å². The molecule has 0 unspecified atom stereocenters. The number of nitrogens with one attached hydrogen (secondary N) is 1. The number of hydrogen-bond donors (Lipinski definition) is 1. The van der Waals surface area contributed by atoms with Crippen LogP contribution in [0.1, 0.15) is 16.7 Å². The molecule has 0 aliphatic carbocycles. The molecule has 1 aromatic carbocycles. The van der Waals surface area contributed by atoms with Crippen molar-refractivity contribution >= 4 is 0 Å². The zero-order chi connectivity index (χ0) is 8.39. The summed E-state index contributed by atoms with van der Waals surface area (Å²) in [6.07, 6.45) is 1.03. The highest BCUT2D eigenvalue weighted by molar-refractivity contribution is 5.36. The smallest absolute Gasteiger partial charge is 0.115 e. The lowest BCUT2D eigenvalue weighted by Gasteiger charge is -2.18. The average molecular weight is 165 g/mol. The summed E-state index contributed by atoms with van der Waals surface area (Å²) in [7, 11) is 0. The van der Waals surface area contributed by atoms with Gasteiger partial charge in [0.15, 0.2) is 0 Å². The van der Waals surface area contributed by atoms with E-state index in [1.54, 1.807) is 0 Å². The fourth-order valence-electron chi connectivity index (χ4n) is 1.71. The topological polar surface area (TPSA) is 12.0 Å². The van der Waals surface area contributed by atoms with Crippen LogP contribution < -0.4 is 5.32 Å². The molecule has 0 bridgehead atoms. The third-order valence-electron chi connectivity index (χ3n) is 2.39. The fraction of sp³-hybridized carbons (Fsp3) is 0.400. The maximum absolute atomic E-state index is 12.5. The Bertz CT molecular complexity index is 269. The van der Waals surface area contributed by atoms with Gasteiger partial charge in [-0.25, -0.2) is 4.39 Å². The lowest BCUT2D eigenvalue weighted by molar-refractivity contribution is 0.478. The SMILES string of the molecule is FCc1cccc2c1CNCC2. The molecule has 0 spiro atoms. The summed E-state index contributed by atoms with van der Waals surface area (Å²) >= 11 is 0. The number of benzene rings is 1. The number of halogens is 1. The predicted molar refractivity (Wildman–Crippen MR) is 46.7 cm³/mol. The van der Waals surface area contributed by atoms with Crippen LogP contribution in [0.3, 0.4) is 0 Å². The summed E-state index contributed by atoms with van der Waals surface area (Å²) < 4.78 is 12.5. The van der Waals surface area contributed by atoms with E-state index in [9.17, 15) is 4.39 Å². The normalized spacial score (nSPS) is 15.8. The van der Waals surface area contributed by atoms with Gasteiger partial charge in [-0.2, -0.15) is 0 Å². The molecule has 0 saturated heterocycles. The zero-order valence-electron chi connectivity index (χ0n) is 6.94. The van der Waals surface area contributed by atoms with Crippen LogP contribution in [0.5, 0.6) is 0 Å². The van der Waals surface area contributed by atoms with Gasteiger partial charge >= 0.3 is 0 Å². The molecular weight excluding hydrogens is 153 g/mol. The molecule has 1 nitrogen and oxygen atoms in total. The Hall–Kier alpha value is -0.890. The standard InChI is InChI=1S/C10H12FN/c11-6-9-3-1-2-8-4-5-12-7-10(8)9/h1-3,12H,4-7H2. The average Bonchev–Trinajstić information content (AvgIpc) is 2.17. The lowest BCUT2D eigenvalue weighted by Crippen LogP contribution is -2.24. The van der Waals surface area contributed by atoms with Crippen LogP contribution in [0.4, 0.5) is 4.39 Å². The van der Waals surface area contributed by atoms with Gasteiger partial charge in [0.1, 0.15) is 6.67 Å². The zero-order valence-corrected chi connectivity index (χ0v) is 6.94. The first-order chi connectivity index (χ1) is 5.92. The van der Waals surface area contributed by atoms with Crippen molar-refractivity contribution in [1.29, 1.82) is 0 Å². The first kappa shape index (κ1) is 7.74. The second-order valence-electron chi connectivity index (χ2n) is 3.12. The molecule has 0 aromatic heterocycles. The van der Waals surface area contributed by atoms with E-state index in [-0.39, 0.29) is 6.67 Å². The van der Waals surface area contributed by atoms with E-state index < -0.39 is 0 Å². The molecule has 2 heteroatoms. The molecule has 12 heavy (non-hydrogen) atoms. The van der Waals surface area contributed by atoms with Crippen molar-refractivity contribution in [1.82, 2.24) is 5.32 Å². The van der Waals surface area contributed by atoms with Gasteiger partial charge in [-0.3, -0.25) is 0 Å². The molecular formula is C10H12FN. The summed E-state index contributed by atoms with van der Waals surface area (Å²) in [5, 5.41) is 3.25. The highest BCUT2D eigenvalue weighted by Gasteiger charge is 2.11. The van der Waals surface area contributed by atoms with Crippen LogP contribution in [0.15, 0.2) is 18.2 Å². The first-order valence-corrected chi connectivity index (χ1v) is 4.28. The van der Waals surface area contributed by atoms with Crippen molar-refractivity contribution in [2.24, 2.45) is 0 Å². The van der Waals surface area contributed by atoms with Crippen molar-refractivity contribution in [3.8, 4) is 0 Å². The largest absolute Gasteiger partial charge is 0.312 e. The van der Waals surface area contributed by atoms with Gasteiger partial charge in [-0.1, -0.05) is 18.2 Å². The summed E-state index contributed by atoms with van der Waals surface area (Å²) in [6.45, 7) is 1.50. The number of rotatable bonds is 1. The Morgan fingerprint density at radius 1 is 1.42 bits per heavy atom. The molecule has 0 fully saturated rings. The van der Waals surface area contributed by atoms with E-state index in [1.165, 1.54) is 11.1 Å². The molecule has 0 amide bonds. The van der Waals surface area contributed by atoms with Gasteiger partial charge in [0.25, 0.3) is 0 Å². The van der Waals surface area contributed by atoms with Crippen LogP contribution in [-0.2, 0) is 19.6 Å². The Morgan fingerprint density at radius 2 is 2.33 bits per heavy atom. The van der Waals surface area contributed by atoms with E-state index in [2.05, 4.69) is 11.4 Å². The van der Waals surface area contributed by atoms with E-state index in [0.717, 1.165) is 25.1 Å². The summed E-state index contributed by atoms with van der Waals surface area (Å²) in [4.78, 5) is 0. The minimum atomic E-state index is -0.342. The molecule has 1 aromatic rings. The van der Waals surface area contributed by atoms with Crippen molar-refractivity contribution in [2.45, 2.75) is 19.6 Å². The monoisotopic (exact) mass is 165 g/mol. The van der Waals surface area contributed by atoms with Crippen LogP contribution in [0.25, 0.3) is 0 Å². The molecule has 2 rings (SSSR count). The van der Waals surface area contributed by atoms with Gasteiger partial charge in [-0.05, 0) is 29.7 Å². The van der Waals surface area contributed by atoms with Crippen molar-refractivity contribution in [3.05, 3.63) is 34.9 Å². The van der Waals surface area contributed by atoms with Gasteiger partial charge in [-0.15, -0.1) is 0 Å². The third-order valence-corrected chi connectivity index (χ3v) is 2.39. The molecule has 64 valence electrons. The van der Waals surface area contributed by atoms with Gasteiger partial charge in [0.05, 0.1) is 0 Å². The van der Waals surface area contributed by atoms with E-state index in [1.807, 2.05) is 12.1 Å². The predicted octanol–water partition coefficient (Wildman–Crippen LogP) is 1.80.